The Balaban J connectivity index is 2.87. The summed E-state index contributed by atoms with van der Waals surface area (Å²) in [4.78, 5) is 13.8. The zero-order valence-electron chi connectivity index (χ0n) is 9.67. The van der Waals surface area contributed by atoms with E-state index < -0.39 is 0 Å². The Labute approximate surface area is 108 Å². The van der Waals surface area contributed by atoms with Gasteiger partial charge in [0, 0.05) is 14.2 Å². The van der Waals surface area contributed by atoms with Crippen LogP contribution < -0.4 is 5.32 Å². The number of hydrogen-bond donors (Lipinski definition) is 1. The minimum Gasteiger partial charge on any atom is -0.468 e. The van der Waals surface area contributed by atoms with Crippen molar-refractivity contribution in [2.75, 3.05) is 13.7 Å². The summed E-state index contributed by atoms with van der Waals surface area (Å²) in [5.74, 6) is -0.234. The molecule has 1 unspecified atom stereocenters. The monoisotopic (exact) mass is 305 g/mol. The molecule has 0 fully saturated rings. The van der Waals surface area contributed by atoms with Gasteiger partial charge in [0.15, 0.2) is 0 Å². The van der Waals surface area contributed by atoms with Gasteiger partial charge in [0.1, 0.15) is 6.04 Å². The average molecular weight is 306 g/mol. The first kappa shape index (κ1) is 13.7. The number of aryl methyl sites for hydroxylation is 1. The number of thiophene rings is 1. The summed E-state index contributed by atoms with van der Waals surface area (Å²) in [6.07, 6.45) is 0.985. The molecule has 0 spiro atoms. The number of hydrogen-bond acceptors (Lipinski definition) is 4. The second kappa shape index (κ2) is 6.37. The summed E-state index contributed by atoms with van der Waals surface area (Å²) in [5, 5.41) is 3.19. The lowest BCUT2D eigenvalue weighted by molar-refractivity contribution is -0.143. The Morgan fingerprint density at radius 1 is 1.69 bits per heavy atom. The molecule has 0 radical (unpaired) electrons. The number of methoxy groups -OCH3 is 1. The number of nitrogens with one attached hydrogen (secondary N) is 1. The Morgan fingerprint density at radius 2 is 2.38 bits per heavy atom. The number of rotatable bonds is 5. The van der Waals surface area contributed by atoms with E-state index in [0.29, 0.717) is 0 Å². The first-order chi connectivity index (χ1) is 7.60. The highest BCUT2D eigenvalue weighted by Crippen LogP contribution is 2.31. The molecule has 0 bridgehead atoms. The minimum absolute atomic E-state index is 0.234. The van der Waals surface area contributed by atoms with Crippen molar-refractivity contribution in [2.45, 2.75) is 26.3 Å². The van der Waals surface area contributed by atoms with Gasteiger partial charge in [0.2, 0.25) is 0 Å². The Kier molecular flexibility index (Phi) is 5.44. The van der Waals surface area contributed by atoms with E-state index in [1.807, 2.05) is 13.0 Å². The maximum atomic E-state index is 11.6. The van der Waals surface area contributed by atoms with Crippen molar-refractivity contribution in [3.63, 3.8) is 0 Å². The van der Waals surface area contributed by atoms with Crippen LogP contribution in [0.2, 0.25) is 0 Å². The van der Waals surface area contributed by atoms with E-state index in [-0.39, 0.29) is 12.0 Å². The van der Waals surface area contributed by atoms with Crippen LogP contribution in [0, 0.1) is 6.92 Å². The second-order valence-electron chi connectivity index (χ2n) is 3.46. The molecule has 0 aliphatic carbocycles. The summed E-state index contributed by atoms with van der Waals surface area (Å²) in [6, 6.07) is 1.63. The maximum absolute atomic E-state index is 11.6. The van der Waals surface area contributed by atoms with Gasteiger partial charge in [-0.15, -0.1) is 11.3 Å². The third-order valence-corrected chi connectivity index (χ3v) is 4.40. The van der Waals surface area contributed by atoms with Crippen molar-refractivity contribution >= 4 is 33.2 Å². The number of halogens is 1. The van der Waals surface area contributed by atoms with E-state index in [1.54, 1.807) is 11.3 Å². The molecule has 16 heavy (non-hydrogen) atoms. The predicted molar refractivity (Wildman–Crippen MR) is 69.8 cm³/mol. The lowest BCUT2D eigenvalue weighted by Gasteiger charge is -2.14. The van der Waals surface area contributed by atoms with Crippen LogP contribution in [0.15, 0.2) is 10.5 Å². The number of carbonyl (C=O) groups excluding carboxylic acids is 1. The highest BCUT2D eigenvalue weighted by atomic mass is 79.9. The third-order valence-electron chi connectivity index (χ3n) is 2.20. The summed E-state index contributed by atoms with van der Waals surface area (Å²) < 4.78 is 5.84. The molecule has 1 atom stereocenters. The van der Waals surface area contributed by atoms with Crippen molar-refractivity contribution in [1.82, 2.24) is 5.32 Å². The van der Waals surface area contributed by atoms with Gasteiger partial charge in [0.25, 0.3) is 0 Å². The Morgan fingerprint density at radius 3 is 2.81 bits per heavy atom. The lowest BCUT2D eigenvalue weighted by atomic mass is 10.2. The topological polar surface area (TPSA) is 38.3 Å². The molecule has 1 heterocycles. The largest absolute Gasteiger partial charge is 0.468 e. The zero-order chi connectivity index (χ0) is 12.1. The van der Waals surface area contributed by atoms with E-state index in [9.17, 15) is 4.79 Å². The molecule has 0 saturated carbocycles. The first-order valence-electron chi connectivity index (χ1n) is 5.17. The van der Waals surface area contributed by atoms with Crippen LogP contribution in [0.4, 0.5) is 0 Å². The van der Waals surface area contributed by atoms with Gasteiger partial charge in [-0.25, -0.2) is 4.79 Å². The zero-order valence-corrected chi connectivity index (χ0v) is 12.1. The van der Waals surface area contributed by atoms with E-state index >= 15 is 0 Å². The highest BCUT2D eigenvalue weighted by molar-refractivity contribution is 9.10. The van der Waals surface area contributed by atoms with E-state index in [1.165, 1.54) is 12.0 Å². The summed E-state index contributed by atoms with van der Waals surface area (Å²) in [7, 11) is 1.42. The molecule has 0 aliphatic heterocycles. The summed E-state index contributed by atoms with van der Waals surface area (Å²) in [5.41, 5.74) is 0. The molecule has 1 rings (SSSR count). The predicted octanol–water partition coefficient (Wildman–Crippen LogP) is 3.03. The van der Waals surface area contributed by atoms with Gasteiger partial charge in [0.05, 0.1) is 7.11 Å². The second-order valence-corrected chi connectivity index (χ2v) is 5.61. The quantitative estimate of drug-likeness (QED) is 0.850. The molecule has 1 aromatic rings. The fraction of sp³-hybridized carbons (Fsp3) is 0.545. The van der Waals surface area contributed by atoms with Crippen molar-refractivity contribution in [3.05, 3.63) is 20.3 Å². The van der Waals surface area contributed by atoms with Crippen LogP contribution in [0.1, 0.15) is 29.1 Å². The number of ether oxygens (including phenoxy) is 1. The van der Waals surface area contributed by atoms with Gasteiger partial charge in [-0.05, 0) is 41.9 Å². The van der Waals surface area contributed by atoms with Crippen LogP contribution >= 0.6 is 27.3 Å². The molecule has 5 heteroatoms. The van der Waals surface area contributed by atoms with Crippen molar-refractivity contribution in [1.29, 1.82) is 0 Å². The van der Waals surface area contributed by atoms with Gasteiger partial charge in [-0.3, -0.25) is 0 Å². The Hall–Kier alpha value is -0.390. The molecule has 0 aliphatic rings. The highest BCUT2D eigenvalue weighted by Gasteiger charge is 2.22. The van der Waals surface area contributed by atoms with Gasteiger partial charge in [-0.1, -0.05) is 6.92 Å². The standard InChI is InChI=1S/C11H16BrNO2S/c1-4-5-13-10(11(14)15-3)9-6-8(12)7(2)16-9/h6,10,13H,4-5H2,1-3H3. The summed E-state index contributed by atoms with van der Waals surface area (Å²) >= 11 is 5.06. The molecular formula is C11H16BrNO2S. The van der Waals surface area contributed by atoms with Crippen molar-refractivity contribution in [2.24, 2.45) is 0 Å². The smallest absolute Gasteiger partial charge is 0.328 e. The van der Waals surface area contributed by atoms with Crippen molar-refractivity contribution in [3.8, 4) is 0 Å². The number of carbonyl (C=O) groups is 1. The van der Waals surface area contributed by atoms with E-state index in [2.05, 4.69) is 28.2 Å². The van der Waals surface area contributed by atoms with Gasteiger partial charge < -0.3 is 10.1 Å². The molecular weight excluding hydrogens is 290 g/mol. The van der Waals surface area contributed by atoms with Gasteiger partial charge >= 0.3 is 5.97 Å². The first-order valence-corrected chi connectivity index (χ1v) is 6.78. The van der Waals surface area contributed by atoms with Crippen LogP contribution in [0.25, 0.3) is 0 Å². The fourth-order valence-electron chi connectivity index (χ4n) is 1.33. The molecule has 90 valence electrons. The molecule has 0 aromatic carbocycles. The average Bonchev–Trinajstić information content (AvgIpc) is 2.59. The van der Waals surface area contributed by atoms with Crippen LogP contribution in [-0.4, -0.2) is 19.6 Å². The van der Waals surface area contributed by atoms with Crippen LogP contribution in [-0.2, 0) is 9.53 Å². The molecule has 0 saturated heterocycles. The van der Waals surface area contributed by atoms with Crippen molar-refractivity contribution < 1.29 is 9.53 Å². The lowest BCUT2D eigenvalue weighted by Crippen LogP contribution is -2.29. The fourth-order valence-corrected chi connectivity index (χ4v) is 2.96. The molecule has 1 aromatic heterocycles. The normalized spacial score (nSPS) is 12.5. The van der Waals surface area contributed by atoms with E-state index in [0.717, 1.165) is 22.3 Å². The Bertz CT molecular complexity index is 345. The minimum atomic E-state index is -0.347. The SMILES string of the molecule is CCCNC(C(=O)OC)c1cc(Br)c(C)s1. The molecule has 3 nitrogen and oxygen atoms in total. The number of esters is 1. The van der Waals surface area contributed by atoms with Gasteiger partial charge in [-0.2, -0.15) is 0 Å². The molecule has 1 N–H and O–H groups in total. The van der Waals surface area contributed by atoms with E-state index in [4.69, 9.17) is 4.74 Å². The maximum Gasteiger partial charge on any atom is 0.328 e. The molecule has 0 amide bonds. The van der Waals surface area contributed by atoms with Crippen LogP contribution in [0.5, 0.6) is 0 Å². The third kappa shape index (κ3) is 3.30. The summed E-state index contributed by atoms with van der Waals surface area (Å²) in [6.45, 7) is 4.89. The van der Waals surface area contributed by atoms with Crippen LogP contribution in [0.3, 0.4) is 0 Å².